The average Bonchev–Trinajstić information content (AvgIpc) is 3.16. The molecule has 1 aliphatic rings. The van der Waals surface area contributed by atoms with Crippen LogP contribution in [0.4, 0.5) is 0 Å². The Bertz CT molecular complexity index is 373. The molecule has 2 rings (SSSR count). The highest BCUT2D eigenvalue weighted by molar-refractivity contribution is 6.31. The molecular weight excluding hydrogens is 242 g/mol. The molecule has 2 unspecified atom stereocenters. The van der Waals surface area contributed by atoms with E-state index in [0.717, 1.165) is 17.6 Å². The lowest BCUT2D eigenvalue weighted by Gasteiger charge is -2.25. The van der Waals surface area contributed by atoms with Gasteiger partial charge in [-0.2, -0.15) is 0 Å². The Balaban J connectivity index is 2.08. The number of nitrogens with one attached hydrogen (secondary N) is 1. The zero-order valence-electron chi connectivity index (χ0n) is 11.5. The van der Waals surface area contributed by atoms with Crippen LogP contribution in [0.15, 0.2) is 24.3 Å². The SMILES string of the molecule is CCCC(C)C(CNC1CC1)c1ccccc1Cl. The second-order valence-corrected chi connectivity index (χ2v) is 5.98. The van der Waals surface area contributed by atoms with E-state index in [4.69, 9.17) is 11.6 Å². The van der Waals surface area contributed by atoms with Crippen LogP contribution in [0.3, 0.4) is 0 Å². The minimum Gasteiger partial charge on any atom is -0.313 e. The normalized spacial score (nSPS) is 18.6. The molecule has 0 aliphatic heterocycles. The zero-order valence-corrected chi connectivity index (χ0v) is 12.2. The second-order valence-electron chi connectivity index (χ2n) is 5.58. The maximum absolute atomic E-state index is 6.37. The summed E-state index contributed by atoms with van der Waals surface area (Å²) in [5.74, 6) is 1.22. The third-order valence-electron chi connectivity index (χ3n) is 3.94. The number of hydrogen-bond acceptors (Lipinski definition) is 1. The van der Waals surface area contributed by atoms with Crippen molar-refractivity contribution in [1.82, 2.24) is 5.32 Å². The van der Waals surface area contributed by atoms with Gasteiger partial charge in [0, 0.05) is 23.5 Å². The molecule has 1 aromatic carbocycles. The van der Waals surface area contributed by atoms with E-state index in [9.17, 15) is 0 Å². The molecule has 0 bridgehead atoms. The Kier molecular flexibility index (Phi) is 5.08. The summed E-state index contributed by atoms with van der Waals surface area (Å²) in [6, 6.07) is 9.09. The Morgan fingerprint density at radius 1 is 1.33 bits per heavy atom. The highest BCUT2D eigenvalue weighted by atomic mass is 35.5. The van der Waals surface area contributed by atoms with E-state index in [1.54, 1.807) is 0 Å². The lowest BCUT2D eigenvalue weighted by atomic mass is 9.84. The van der Waals surface area contributed by atoms with E-state index in [2.05, 4.69) is 31.3 Å². The molecule has 100 valence electrons. The van der Waals surface area contributed by atoms with Crippen LogP contribution in [0.1, 0.15) is 51.0 Å². The van der Waals surface area contributed by atoms with Crippen molar-refractivity contribution in [2.45, 2.75) is 51.5 Å². The van der Waals surface area contributed by atoms with Crippen LogP contribution in [0, 0.1) is 5.92 Å². The number of rotatable bonds is 7. The van der Waals surface area contributed by atoms with Crippen LogP contribution in [0.2, 0.25) is 5.02 Å². The van der Waals surface area contributed by atoms with E-state index in [-0.39, 0.29) is 0 Å². The van der Waals surface area contributed by atoms with Gasteiger partial charge >= 0.3 is 0 Å². The van der Waals surface area contributed by atoms with Crippen LogP contribution in [-0.2, 0) is 0 Å². The molecule has 1 aliphatic carbocycles. The molecule has 2 atom stereocenters. The van der Waals surface area contributed by atoms with Gasteiger partial charge < -0.3 is 5.32 Å². The summed E-state index contributed by atoms with van der Waals surface area (Å²) in [6.45, 7) is 5.68. The Hall–Kier alpha value is -0.530. The van der Waals surface area contributed by atoms with Crippen molar-refractivity contribution in [2.24, 2.45) is 5.92 Å². The summed E-state index contributed by atoms with van der Waals surface area (Å²) >= 11 is 6.37. The molecule has 1 nitrogen and oxygen atoms in total. The van der Waals surface area contributed by atoms with Gasteiger partial charge in [-0.3, -0.25) is 0 Å². The smallest absolute Gasteiger partial charge is 0.0441 e. The lowest BCUT2D eigenvalue weighted by molar-refractivity contribution is 0.403. The van der Waals surface area contributed by atoms with Crippen LogP contribution in [0.5, 0.6) is 0 Å². The van der Waals surface area contributed by atoms with E-state index in [1.165, 1.54) is 31.2 Å². The highest BCUT2D eigenvalue weighted by Gasteiger charge is 2.25. The molecule has 0 radical (unpaired) electrons. The molecule has 0 heterocycles. The first-order valence-electron chi connectivity index (χ1n) is 7.20. The number of hydrogen-bond donors (Lipinski definition) is 1. The lowest BCUT2D eigenvalue weighted by Crippen LogP contribution is -2.27. The van der Waals surface area contributed by atoms with Crippen molar-refractivity contribution < 1.29 is 0 Å². The van der Waals surface area contributed by atoms with Crippen molar-refractivity contribution in [3.63, 3.8) is 0 Å². The predicted molar refractivity (Wildman–Crippen MR) is 79.3 cm³/mol. The topological polar surface area (TPSA) is 12.0 Å². The summed E-state index contributed by atoms with van der Waals surface area (Å²) < 4.78 is 0. The van der Waals surface area contributed by atoms with Gasteiger partial charge in [-0.05, 0) is 30.4 Å². The fraction of sp³-hybridized carbons (Fsp3) is 0.625. The van der Waals surface area contributed by atoms with Crippen molar-refractivity contribution in [3.05, 3.63) is 34.9 Å². The third kappa shape index (κ3) is 3.73. The largest absolute Gasteiger partial charge is 0.313 e. The Morgan fingerprint density at radius 2 is 2.06 bits per heavy atom. The van der Waals surface area contributed by atoms with Gasteiger partial charge in [0.25, 0.3) is 0 Å². The molecule has 0 saturated heterocycles. The average molecular weight is 266 g/mol. The molecule has 18 heavy (non-hydrogen) atoms. The molecule has 1 aromatic rings. The molecule has 1 fully saturated rings. The standard InChI is InChI=1S/C16H24ClN/c1-3-6-12(2)15(11-18-13-9-10-13)14-7-4-5-8-16(14)17/h4-5,7-8,12-13,15,18H,3,6,9-11H2,1-2H3. The van der Waals surface area contributed by atoms with E-state index >= 15 is 0 Å². The highest BCUT2D eigenvalue weighted by Crippen LogP contribution is 2.33. The van der Waals surface area contributed by atoms with Crippen molar-refractivity contribution in [2.75, 3.05) is 6.54 Å². The summed E-state index contributed by atoms with van der Waals surface area (Å²) in [5.41, 5.74) is 1.31. The van der Waals surface area contributed by atoms with Gasteiger partial charge in [-0.1, -0.05) is 56.5 Å². The first-order chi connectivity index (χ1) is 8.72. The van der Waals surface area contributed by atoms with E-state index in [1.807, 2.05) is 12.1 Å². The molecule has 1 saturated carbocycles. The van der Waals surface area contributed by atoms with Gasteiger partial charge in [0.15, 0.2) is 0 Å². The van der Waals surface area contributed by atoms with Crippen molar-refractivity contribution >= 4 is 11.6 Å². The van der Waals surface area contributed by atoms with Gasteiger partial charge in [-0.15, -0.1) is 0 Å². The number of halogens is 1. The molecule has 1 N–H and O–H groups in total. The molecule has 2 heteroatoms. The first kappa shape index (κ1) is 13.9. The minimum atomic E-state index is 0.541. The fourth-order valence-corrected chi connectivity index (χ4v) is 2.91. The van der Waals surface area contributed by atoms with E-state index < -0.39 is 0 Å². The molecular formula is C16H24ClN. The van der Waals surface area contributed by atoms with Crippen LogP contribution >= 0.6 is 11.6 Å². The summed E-state index contributed by atoms with van der Waals surface area (Å²) in [6.07, 6.45) is 5.20. The molecule has 0 spiro atoms. The fourth-order valence-electron chi connectivity index (χ4n) is 2.63. The van der Waals surface area contributed by atoms with Gasteiger partial charge in [0.2, 0.25) is 0 Å². The van der Waals surface area contributed by atoms with Crippen molar-refractivity contribution in [1.29, 1.82) is 0 Å². The predicted octanol–water partition coefficient (Wildman–Crippen LogP) is 4.61. The van der Waals surface area contributed by atoms with Crippen LogP contribution in [-0.4, -0.2) is 12.6 Å². The van der Waals surface area contributed by atoms with Gasteiger partial charge in [0.1, 0.15) is 0 Å². The van der Waals surface area contributed by atoms with Gasteiger partial charge in [0.05, 0.1) is 0 Å². The summed E-state index contributed by atoms with van der Waals surface area (Å²) in [4.78, 5) is 0. The third-order valence-corrected chi connectivity index (χ3v) is 4.28. The minimum absolute atomic E-state index is 0.541. The van der Waals surface area contributed by atoms with Crippen LogP contribution in [0.25, 0.3) is 0 Å². The number of benzene rings is 1. The van der Waals surface area contributed by atoms with E-state index in [0.29, 0.717) is 11.8 Å². The Morgan fingerprint density at radius 3 is 2.67 bits per heavy atom. The maximum Gasteiger partial charge on any atom is 0.0441 e. The second kappa shape index (κ2) is 6.58. The summed E-state index contributed by atoms with van der Waals surface area (Å²) in [7, 11) is 0. The quantitative estimate of drug-likeness (QED) is 0.759. The summed E-state index contributed by atoms with van der Waals surface area (Å²) in [5, 5.41) is 4.58. The molecule has 0 amide bonds. The maximum atomic E-state index is 6.37. The van der Waals surface area contributed by atoms with Gasteiger partial charge in [-0.25, -0.2) is 0 Å². The first-order valence-corrected chi connectivity index (χ1v) is 7.58. The monoisotopic (exact) mass is 265 g/mol. The van der Waals surface area contributed by atoms with Crippen molar-refractivity contribution in [3.8, 4) is 0 Å². The van der Waals surface area contributed by atoms with Crippen LogP contribution < -0.4 is 5.32 Å². The zero-order chi connectivity index (χ0) is 13.0. The molecule has 0 aromatic heterocycles. The Labute approximate surface area is 116 Å².